The van der Waals surface area contributed by atoms with E-state index in [0.29, 0.717) is 12.6 Å². The first-order chi connectivity index (χ1) is 6.02. The first-order valence-corrected chi connectivity index (χ1v) is 4.30. The topological polar surface area (TPSA) is 41.1 Å². The monoisotopic (exact) mass is 194 g/mol. The smallest absolute Gasteiger partial charge is 0.255 e. The summed E-state index contributed by atoms with van der Waals surface area (Å²) >= 11 is 0. The number of hydrogen-bond donors (Lipinski definition) is 2. The molecule has 0 unspecified atom stereocenters. The van der Waals surface area contributed by atoms with E-state index in [-0.39, 0.29) is 12.3 Å². The highest BCUT2D eigenvalue weighted by molar-refractivity contribution is 5.76. The number of carbonyl (C=O) groups is 1. The maximum absolute atomic E-state index is 11.6. The van der Waals surface area contributed by atoms with Gasteiger partial charge >= 0.3 is 0 Å². The Hall–Kier alpha value is -0.710. The Morgan fingerprint density at radius 3 is 2.46 bits per heavy atom. The number of halogens is 2. The lowest BCUT2D eigenvalue weighted by atomic mass is 10.3. The molecule has 0 aliphatic carbocycles. The summed E-state index contributed by atoms with van der Waals surface area (Å²) in [5.74, 6) is -0.339. The Kier molecular flexibility index (Phi) is 6.40. The van der Waals surface area contributed by atoms with E-state index in [1.807, 2.05) is 13.8 Å². The van der Waals surface area contributed by atoms with Gasteiger partial charge < -0.3 is 10.6 Å². The SMILES string of the molecule is CC(C)NCCC(=O)NCC(F)F. The third kappa shape index (κ3) is 9.20. The Morgan fingerprint density at radius 1 is 1.38 bits per heavy atom. The lowest BCUT2D eigenvalue weighted by Crippen LogP contribution is -2.32. The molecule has 0 aliphatic heterocycles. The number of nitrogens with one attached hydrogen (secondary N) is 2. The molecule has 1 amide bonds. The van der Waals surface area contributed by atoms with Crippen LogP contribution >= 0.6 is 0 Å². The predicted octanol–water partition coefficient (Wildman–Crippen LogP) is 0.756. The van der Waals surface area contributed by atoms with Crippen LogP contribution in [0.4, 0.5) is 8.78 Å². The number of rotatable bonds is 6. The zero-order chi connectivity index (χ0) is 10.3. The molecule has 0 aromatic heterocycles. The third-order valence-electron chi connectivity index (χ3n) is 1.36. The van der Waals surface area contributed by atoms with E-state index in [9.17, 15) is 13.6 Å². The average molecular weight is 194 g/mol. The van der Waals surface area contributed by atoms with Crippen molar-refractivity contribution < 1.29 is 13.6 Å². The molecule has 0 saturated heterocycles. The molecule has 5 heteroatoms. The standard InChI is InChI=1S/C8H16F2N2O/c1-6(2)11-4-3-8(13)12-5-7(9)10/h6-7,11H,3-5H2,1-2H3,(H,12,13). The van der Waals surface area contributed by atoms with E-state index in [4.69, 9.17) is 0 Å². The van der Waals surface area contributed by atoms with Crippen LogP contribution in [0.3, 0.4) is 0 Å². The van der Waals surface area contributed by atoms with Gasteiger partial charge in [-0.1, -0.05) is 13.8 Å². The second-order valence-corrected chi connectivity index (χ2v) is 3.05. The van der Waals surface area contributed by atoms with Gasteiger partial charge in [0.2, 0.25) is 5.91 Å². The van der Waals surface area contributed by atoms with Crippen LogP contribution in [-0.2, 0) is 4.79 Å². The van der Waals surface area contributed by atoms with E-state index in [1.54, 1.807) is 0 Å². The van der Waals surface area contributed by atoms with Gasteiger partial charge in [-0.15, -0.1) is 0 Å². The quantitative estimate of drug-likeness (QED) is 0.655. The summed E-state index contributed by atoms with van der Waals surface area (Å²) in [5, 5.41) is 5.14. The fraction of sp³-hybridized carbons (Fsp3) is 0.875. The molecule has 0 radical (unpaired) electrons. The average Bonchev–Trinajstić information content (AvgIpc) is 2.00. The van der Waals surface area contributed by atoms with Crippen molar-refractivity contribution in [1.82, 2.24) is 10.6 Å². The molecule has 0 aromatic carbocycles. The summed E-state index contributed by atoms with van der Waals surface area (Å²) in [5.41, 5.74) is 0. The van der Waals surface area contributed by atoms with Crippen LogP contribution in [-0.4, -0.2) is 31.5 Å². The van der Waals surface area contributed by atoms with Crippen molar-refractivity contribution in [1.29, 1.82) is 0 Å². The van der Waals surface area contributed by atoms with Crippen LogP contribution < -0.4 is 10.6 Å². The number of alkyl halides is 2. The van der Waals surface area contributed by atoms with Crippen molar-refractivity contribution in [2.24, 2.45) is 0 Å². The Balaban J connectivity index is 3.30. The van der Waals surface area contributed by atoms with Gasteiger partial charge in [0.1, 0.15) is 0 Å². The van der Waals surface area contributed by atoms with Crippen molar-refractivity contribution in [3.8, 4) is 0 Å². The zero-order valence-electron chi connectivity index (χ0n) is 7.94. The summed E-state index contributed by atoms with van der Waals surface area (Å²) in [6.07, 6.45) is -2.23. The van der Waals surface area contributed by atoms with Crippen LogP contribution in [0, 0.1) is 0 Å². The summed E-state index contributed by atoms with van der Waals surface area (Å²) in [4.78, 5) is 10.8. The molecule has 78 valence electrons. The van der Waals surface area contributed by atoms with E-state index in [2.05, 4.69) is 10.6 Å². The van der Waals surface area contributed by atoms with Crippen molar-refractivity contribution in [3.05, 3.63) is 0 Å². The van der Waals surface area contributed by atoms with E-state index in [0.717, 1.165) is 0 Å². The third-order valence-corrected chi connectivity index (χ3v) is 1.36. The molecule has 0 rings (SSSR count). The molecule has 0 aliphatic rings. The van der Waals surface area contributed by atoms with Gasteiger partial charge in [-0.25, -0.2) is 8.78 Å². The minimum absolute atomic E-state index is 0.241. The molecule has 0 saturated carbocycles. The van der Waals surface area contributed by atoms with Crippen LogP contribution in [0.25, 0.3) is 0 Å². The Morgan fingerprint density at radius 2 is 2.00 bits per heavy atom. The largest absolute Gasteiger partial charge is 0.350 e. The number of hydrogen-bond acceptors (Lipinski definition) is 2. The van der Waals surface area contributed by atoms with Crippen LogP contribution in [0.2, 0.25) is 0 Å². The summed E-state index contributed by atoms with van der Waals surface area (Å²) in [6.45, 7) is 3.88. The lowest BCUT2D eigenvalue weighted by molar-refractivity contribution is -0.121. The Bertz CT molecular complexity index is 151. The number of amides is 1. The number of carbonyl (C=O) groups excluding carboxylic acids is 1. The minimum Gasteiger partial charge on any atom is -0.350 e. The predicted molar refractivity (Wildman–Crippen MR) is 46.8 cm³/mol. The normalized spacial score (nSPS) is 10.9. The lowest BCUT2D eigenvalue weighted by Gasteiger charge is -2.07. The summed E-state index contributed by atoms with van der Waals surface area (Å²) < 4.78 is 23.2. The molecule has 3 nitrogen and oxygen atoms in total. The van der Waals surface area contributed by atoms with Crippen molar-refractivity contribution in [2.75, 3.05) is 13.1 Å². The fourth-order valence-corrected chi connectivity index (χ4v) is 0.754. The molecule has 0 bridgehead atoms. The van der Waals surface area contributed by atoms with Crippen molar-refractivity contribution >= 4 is 5.91 Å². The molecular weight excluding hydrogens is 178 g/mol. The van der Waals surface area contributed by atoms with Gasteiger partial charge in [-0.2, -0.15) is 0 Å². The fourth-order valence-electron chi connectivity index (χ4n) is 0.754. The van der Waals surface area contributed by atoms with E-state index >= 15 is 0 Å². The van der Waals surface area contributed by atoms with Gasteiger partial charge in [0.15, 0.2) is 0 Å². The van der Waals surface area contributed by atoms with Gasteiger partial charge in [0.05, 0.1) is 6.54 Å². The molecular formula is C8H16F2N2O. The molecule has 0 aromatic rings. The van der Waals surface area contributed by atoms with Crippen LogP contribution in [0.15, 0.2) is 0 Å². The molecule has 0 spiro atoms. The highest BCUT2D eigenvalue weighted by atomic mass is 19.3. The van der Waals surface area contributed by atoms with Gasteiger partial charge in [0, 0.05) is 19.0 Å². The van der Waals surface area contributed by atoms with Crippen LogP contribution in [0.1, 0.15) is 20.3 Å². The first-order valence-electron chi connectivity index (χ1n) is 4.30. The highest BCUT2D eigenvalue weighted by Gasteiger charge is 2.05. The van der Waals surface area contributed by atoms with Gasteiger partial charge in [0.25, 0.3) is 6.43 Å². The molecule has 13 heavy (non-hydrogen) atoms. The second-order valence-electron chi connectivity index (χ2n) is 3.05. The van der Waals surface area contributed by atoms with E-state index in [1.165, 1.54) is 0 Å². The van der Waals surface area contributed by atoms with Gasteiger partial charge in [-0.05, 0) is 0 Å². The second kappa shape index (κ2) is 6.77. The maximum atomic E-state index is 11.6. The first kappa shape index (κ1) is 12.3. The van der Waals surface area contributed by atoms with Gasteiger partial charge in [-0.3, -0.25) is 4.79 Å². The Labute approximate surface area is 76.9 Å². The zero-order valence-corrected chi connectivity index (χ0v) is 7.94. The molecule has 2 N–H and O–H groups in total. The molecule has 0 heterocycles. The maximum Gasteiger partial charge on any atom is 0.255 e. The summed E-state index contributed by atoms with van der Waals surface area (Å²) in [6, 6.07) is 0.308. The van der Waals surface area contributed by atoms with E-state index < -0.39 is 13.0 Å². The molecule has 0 fully saturated rings. The van der Waals surface area contributed by atoms with Crippen molar-refractivity contribution in [3.63, 3.8) is 0 Å². The van der Waals surface area contributed by atoms with Crippen molar-refractivity contribution in [2.45, 2.75) is 32.7 Å². The molecule has 0 atom stereocenters. The highest BCUT2D eigenvalue weighted by Crippen LogP contribution is 1.88. The van der Waals surface area contributed by atoms with Crippen LogP contribution in [0.5, 0.6) is 0 Å². The minimum atomic E-state index is -2.47. The summed E-state index contributed by atoms with van der Waals surface area (Å²) in [7, 11) is 0.